The van der Waals surface area contributed by atoms with Gasteiger partial charge in [-0.1, -0.05) is 48.0 Å². The maximum absolute atomic E-state index is 12.1. The number of piperidine rings is 1. The summed E-state index contributed by atoms with van der Waals surface area (Å²) in [5.41, 5.74) is 3.02. The first-order valence-corrected chi connectivity index (χ1v) is 13.9. The summed E-state index contributed by atoms with van der Waals surface area (Å²) in [6.07, 6.45) is 17.4. The molecule has 3 heterocycles. The van der Waals surface area contributed by atoms with E-state index in [4.69, 9.17) is 21.2 Å². The average Bonchev–Trinajstić information content (AvgIpc) is 3.10. The zero-order chi connectivity index (χ0) is 28.1. The molecule has 1 N–H and O–H groups in total. The van der Waals surface area contributed by atoms with Crippen molar-refractivity contribution in [2.75, 3.05) is 33.7 Å². The Morgan fingerprint density at radius 3 is 2.77 bits per heavy atom. The van der Waals surface area contributed by atoms with Gasteiger partial charge in [0.15, 0.2) is 0 Å². The molecular formula is C32H34ClN3O4. The van der Waals surface area contributed by atoms with E-state index in [1.54, 1.807) is 20.3 Å². The maximum atomic E-state index is 12.1. The van der Waals surface area contributed by atoms with Crippen LogP contribution < -0.4 is 4.74 Å². The number of likely N-dealkylation sites (tertiary alicyclic amines) is 1. The van der Waals surface area contributed by atoms with Crippen molar-refractivity contribution in [1.29, 1.82) is 0 Å². The predicted octanol–water partition coefficient (Wildman–Crippen LogP) is 5.46. The molecule has 0 spiro atoms. The molecule has 1 aliphatic carbocycles. The molecule has 0 saturated carbocycles. The maximum Gasteiger partial charge on any atom is 0.349 e. The molecule has 1 aromatic carbocycles. The molecule has 1 saturated heterocycles. The van der Waals surface area contributed by atoms with E-state index in [1.807, 2.05) is 60.7 Å². The number of hydroxylamine groups is 2. The van der Waals surface area contributed by atoms with Crippen LogP contribution in [-0.4, -0.2) is 59.8 Å². The van der Waals surface area contributed by atoms with E-state index in [-0.39, 0.29) is 5.92 Å². The lowest BCUT2D eigenvalue weighted by molar-refractivity contribution is -0.171. The fourth-order valence-corrected chi connectivity index (χ4v) is 5.38. The number of allylic oxidation sites excluding steroid dienone is 7. The van der Waals surface area contributed by atoms with Crippen molar-refractivity contribution in [3.8, 4) is 5.88 Å². The monoisotopic (exact) mass is 559 g/mol. The minimum atomic E-state index is -0.814. The number of fused-ring (bicyclic) bond motifs is 2. The standard InChI is InChI=1S/C32H34ClN3O4/c1-35(2)40-30(37)15-10-23-6-3-9-29-28(23)22-24(27-8-4-18-34-31(27)39-29)7-5-19-36-20-16-32(38,17-21-36)25-11-13-26(33)14-12-25/h3-4,6-15,18,22-23,38H,5,16-17,19-21H2,1-2H3. The third kappa shape index (κ3) is 6.62. The van der Waals surface area contributed by atoms with Gasteiger partial charge in [0.1, 0.15) is 5.76 Å². The summed E-state index contributed by atoms with van der Waals surface area (Å²) in [4.78, 5) is 24.1. The highest BCUT2D eigenvalue weighted by atomic mass is 35.5. The van der Waals surface area contributed by atoms with Crippen molar-refractivity contribution in [3.05, 3.63) is 113 Å². The van der Waals surface area contributed by atoms with Crippen molar-refractivity contribution in [1.82, 2.24) is 14.9 Å². The fraction of sp³-hybridized carbons (Fsp3) is 0.312. The van der Waals surface area contributed by atoms with Crippen molar-refractivity contribution in [2.45, 2.75) is 24.9 Å². The molecule has 0 amide bonds. The van der Waals surface area contributed by atoms with Gasteiger partial charge in [-0.15, -0.1) is 5.06 Å². The molecule has 2 aromatic rings. The number of aromatic nitrogens is 1. The Morgan fingerprint density at radius 2 is 2.02 bits per heavy atom. The molecule has 8 heteroatoms. The van der Waals surface area contributed by atoms with Gasteiger partial charge >= 0.3 is 5.97 Å². The number of hydrogen-bond acceptors (Lipinski definition) is 7. The van der Waals surface area contributed by atoms with E-state index in [1.165, 1.54) is 11.1 Å². The second-order valence-corrected chi connectivity index (χ2v) is 10.8. The van der Waals surface area contributed by atoms with Crippen LogP contribution in [-0.2, 0) is 15.2 Å². The minimum absolute atomic E-state index is 0.153. The Kier molecular flexibility index (Phi) is 8.66. The van der Waals surface area contributed by atoms with E-state index in [0.717, 1.165) is 48.3 Å². The van der Waals surface area contributed by atoms with Gasteiger partial charge in [-0.3, -0.25) is 0 Å². The third-order valence-electron chi connectivity index (χ3n) is 7.40. The molecule has 7 nitrogen and oxygen atoms in total. The smallest absolute Gasteiger partial charge is 0.349 e. The van der Waals surface area contributed by atoms with Crippen molar-refractivity contribution in [2.24, 2.45) is 5.92 Å². The van der Waals surface area contributed by atoms with Gasteiger partial charge in [0, 0.05) is 68.1 Å². The van der Waals surface area contributed by atoms with E-state index in [2.05, 4.69) is 22.0 Å². The Bertz CT molecular complexity index is 1380. The molecule has 0 bridgehead atoms. The Labute approximate surface area is 240 Å². The number of halogens is 1. The molecule has 0 radical (unpaired) electrons. The first-order chi connectivity index (χ1) is 19.3. The fourth-order valence-electron chi connectivity index (χ4n) is 5.26. The van der Waals surface area contributed by atoms with Gasteiger partial charge in [0.25, 0.3) is 0 Å². The highest BCUT2D eigenvalue weighted by Crippen LogP contribution is 2.38. The Balaban J connectivity index is 1.30. The number of nitrogens with zero attached hydrogens (tertiary/aromatic N) is 3. The number of aliphatic hydroxyl groups is 1. The number of carbonyl (C=O) groups is 1. The molecule has 40 heavy (non-hydrogen) atoms. The normalized spacial score (nSPS) is 21.3. The summed E-state index contributed by atoms with van der Waals surface area (Å²) < 4.78 is 6.25. The van der Waals surface area contributed by atoms with Crippen molar-refractivity contribution < 1.29 is 19.5 Å². The molecule has 208 valence electrons. The zero-order valence-electron chi connectivity index (χ0n) is 22.8. The van der Waals surface area contributed by atoms with E-state index < -0.39 is 11.6 Å². The first-order valence-electron chi connectivity index (χ1n) is 13.5. The van der Waals surface area contributed by atoms with Gasteiger partial charge in [-0.05, 0) is 66.8 Å². The number of rotatable bonds is 7. The average molecular weight is 560 g/mol. The summed E-state index contributed by atoms with van der Waals surface area (Å²) in [5.74, 6) is 0.677. The lowest BCUT2D eigenvalue weighted by Gasteiger charge is -2.38. The molecule has 1 fully saturated rings. The second-order valence-electron chi connectivity index (χ2n) is 10.4. The topological polar surface area (TPSA) is 75.1 Å². The molecule has 1 atom stereocenters. The zero-order valence-corrected chi connectivity index (χ0v) is 23.6. The lowest BCUT2D eigenvalue weighted by atomic mass is 9.84. The molecular weight excluding hydrogens is 526 g/mol. The number of pyridine rings is 1. The minimum Gasteiger partial charge on any atom is -0.438 e. The second kappa shape index (κ2) is 12.4. The van der Waals surface area contributed by atoms with Crippen LogP contribution in [0.5, 0.6) is 5.88 Å². The number of carbonyl (C=O) groups excluding carboxylic acids is 1. The summed E-state index contributed by atoms with van der Waals surface area (Å²) in [7, 11) is 3.33. The van der Waals surface area contributed by atoms with Crippen LogP contribution >= 0.6 is 11.6 Å². The van der Waals surface area contributed by atoms with Gasteiger partial charge in [0.05, 0.1) is 5.60 Å². The van der Waals surface area contributed by atoms with Crippen LogP contribution in [0.3, 0.4) is 0 Å². The largest absolute Gasteiger partial charge is 0.438 e. The first kappa shape index (κ1) is 28.1. The summed E-state index contributed by atoms with van der Waals surface area (Å²) >= 11 is 6.03. The van der Waals surface area contributed by atoms with E-state index in [0.29, 0.717) is 29.5 Å². The van der Waals surface area contributed by atoms with Crippen molar-refractivity contribution >= 4 is 23.1 Å². The number of benzene rings is 1. The van der Waals surface area contributed by atoms with Gasteiger partial charge < -0.3 is 19.6 Å². The third-order valence-corrected chi connectivity index (χ3v) is 7.65. The Morgan fingerprint density at radius 1 is 1.25 bits per heavy atom. The number of hydrogen-bond donors (Lipinski definition) is 1. The van der Waals surface area contributed by atoms with Crippen LogP contribution in [0.2, 0.25) is 5.02 Å². The number of ether oxygens (including phenoxy) is 1. The highest BCUT2D eigenvalue weighted by molar-refractivity contribution is 6.30. The molecule has 1 unspecified atom stereocenters. The molecule has 5 rings (SSSR count). The summed E-state index contributed by atoms with van der Waals surface area (Å²) in [5, 5.41) is 13.3. The Hall–Kier alpha value is -3.49. The SMILES string of the molecule is CN(C)OC(=O)C=CC1C=CC=C2Oc3ncccc3C(=CCCN3CCC(O)(c4ccc(Cl)cc4)CC3)C=C21. The predicted molar refractivity (Wildman–Crippen MR) is 156 cm³/mol. The van der Waals surface area contributed by atoms with Gasteiger partial charge in [-0.25, -0.2) is 9.78 Å². The molecule has 2 aliphatic heterocycles. The van der Waals surface area contributed by atoms with Gasteiger partial charge in [-0.2, -0.15) is 0 Å². The van der Waals surface area contributed by atoms with Crippen molar-refractivity contribution in [3.63, 3.8) is 0 Å². The van der Waals surface area contributed by atoms with Crippen LogP contribution in [0.4, 0.5) is 0 Å². The summed E-state index contributed by atoms with van der Waals surface area (Å²) in [6, 6.07) is 11.4. The van der Waals surface area contributed by atoms with Crippen LogP contribution in [0, 0.1) is 5.92 Å². The molecule has 1 aromatic heterocycles. The van der Waals surface area contributed by atoms with Gasteiger partial charge in [0.2, 0.25) is 5.88 Å². The molecule has 3 aliphatic rings. The van der Waals surface area contributed by atoms with E-state index in [9.17, 15) is 9.90 Å². The van der Waals surface area contributed by atoms with Crippen LogP contribution in [0.25, 0.3) is 5.57 Å². The highest BCUT2D eigenvalue weighted by Gasteiger charge is 2.33. The van der Waals surface area contributed by atoms with E-state index >= 15 is 0 Å². The van der Waals surface area contributed by atoms with Crippen LogP contribution in [0.15, 0.2) is 96.5 Å². The quantitative estimate of drug-likeness (QED) is 0.357. The van der Waals surface area contributed by atoms with Crippen LogP contribution in [0.1, 0.15) is 30.4 Å². The summed E-state index contributed by atoms with van der Waals surface area (Å²) in [6.45, 7) is 2.51. The lowest BCUT2D eigenvalue weighted by Crippen LogP contribution is -2.42.